The van der Waals surface area contributed by atoms with Gasteiger partial charge in [-0.1, -0.05) is 0 Å². The lowest BCUT2D eigenvalue weighted by Gasteiger charge is -2.14. The zero-order chi connectivity index (χ0) is 9.54. The molecular formula is C8H7N5O. The first-order chi connectivity index (χ1) is 6.86. The number of anilines is 1. The molecule has 0 aliphatic carbocycles. The van der Waals surface area contributed by atoms with E-state index in [1.54, 1.807) is 6.20 Å². The monoisotopic (exact) mass is 189 g/mol. The van der Waals surface area contributed by atoms with Crippen LogP contribution < -0.4 is 10.9 Å². The summed E-state index contributed by atoms with van der Waals surface area (Å²) in [4.78, 5) is 22.2. The molecule has 0 fully saturated rings. The van der Waals surface area contributed by atoms with Crippen LogP contribution in [0.3, 0.4) is 0 Å². The second-order valence-electron chi connectivity index (χ2n) is 3.00. The van der Waals surface area contributed by atoms with Gasteiger partial charge in [-0.05, 0) is 6.08 Å². The number of nitrogens with one attached hydrogen (secondary N) is 2. The minimum Gasteiger partial charge on any atom is -0.339 e. The summed E-state index contributed by atoms with van der Waals surface area (Å²) >= 11 is 0. The summed E-state index contributed by atoms with van der Waals surface area (Å²) in [6.07, 6.45) is 5.20. The lowest BCUT2D eigenvalue weighted by Crippen LogP contribution is -2.19. The van der Waals surface area contributed by atoms with E-state index in [4.69, 9.17) is 0 Å². The van der Waals surface area contributed by atoms with Crippen molar-refractivity contribution in [1.29, 1.82) is 0 Å². The van der Waals surface area contributed by atoms with E-state index in [0.717, 1.165) is 0 Å². The quantitative estimate of drug-likeness (QED) is 0.614. The summed E-state index contributed by atoms with van der Waals surface area (Å²) in [6.45, 7) is 0.678. The van der Waals surface area contributed by atoms with Crippen LogP contribution in [-0.4, -0.2) is 19.5 Å². The molecule has 2 aromatic rings. The molecule has 2 N–H and O–H groups in total. The standard InChI is InChI=1S/C8H7N5O/c14-7-5-6(11-4-10-5)13-3-1-2-9-8(13)12-7/h1-2,4H,3H2,(H,10,11)(H,9,12,14). The molecule has 0 saturated carbocycles. The van der Waals surface area contributed by atoms with Gasteiger partial charge in [0.15, 0.2) is 11.2 Å². The van der Waals surface area contributed by atoms with Crippen LogP contribution in [0.5, 0.6) is 0 Å². The molecule has 0 atom stereocenters. The molecule has 0 aromatic carbocycles. The van der Waals surface area contributed by atoms with Crippen molar-refractivity contribution in [2.75, 3.05) is 5.32 Å². The van der Waals surface area contributed by atoms with Gasteiger partial charge >= 0.3 is 5.56 Å². The van der Waals surface area contributed by atoms with Crippen LogP contribution in [0.25, 0.3) is 11.2 Å². The van der Waals surface area contributed by atoms with Crippen molar-refractivity contribution in [1.82, 2.24) is 19.5 Å². The Labute approximate surface area is 78.3 Å². The Hall–Kier alpha value is -2.11. The Kier molecular flexibility index (Phi) is 1.27. The molecule has 0 amide bonds. The number of hydrogen-bond donors (Lipinski definition) is 2. The van der Waals surface area contributed by atoms with E-state index in [1.807, 2.05) is 10.6 Å². The van der Waals surface area contributed by atoms with Crippen LogP contribution in [0.2, 0.25) is 0 Å². The first-order valence-electron chi connectivity index (χ1n) is 4.22. The van der Waals surface area contributed by atoms with Gasteiger partial charge in [0.2, 0.25) is 5.95 Å². The molecular weight excluding hydrogens is 182 g/mol. The van der Waals surface area contributed by atoms with Crippen molar-refractivity contribution < 1.29 is 0 Å². The Morgan fingerprint density at radius 1 is 1.50 bits per heavy atom. The molecule has 0 saturated heterocycles. The van der Waals surface area contributed by atoms with E-state index in [1.165, 1.54) is 6.33 Å². The highest BCUT2D eigenvalue weighted by Gasteiger charge is 2.12. The molecule has 6 heteroatoms. The molecule has 0 spiro atoms. The summed E-state index contributed by atoms with van der Waals surface area (Å²) < 4.78 is 1.84. The Balaban J connectivity index is 2.47. The van der Waals surface area contributed by atoms with Crippen molar-refractivity contribution in [3.8, 4) is 0 Å². The highest BCUT2D eigenvalue weighted by molar-refractivity contribution is 5.71. The number of aromatic amines is 1. The second-order valence-corrected chi connectivity index (χ2v) is 3.00. The number of hydrogen-bond acceptors (Lipinski definition) is 4. The predicted octanol–water partition coefficient (Wildman–Crippen LogP) is 0.0588. The minimum absolute atomic E-state index is 0.286. The Bertz CT molecular complexity index is 579. The topological polar surface area (TPSA) is 75.6 Å². The third-order valence-corrected chi connectivity index (χ3v) is 2.17. The van der Waals surface area contributed by atoms with Gasteiger partial charge in [-0.15, -0.1) is 0 Å². The highest BCUT2D eigenvalue weighted by atomic mass is 16.1. The van der Waals surface area contributed by atoms with Crippen molar-refractivity contribution in [2.24, 2.45) is 0 Å². The summed E-state index contributed by atoms with van der Waals surface area (Å²) in [6, 6.07) is 0. The average molecular weight is 189 g/mol. The highest BCUT2D eigenvalue weighted by Crippen LogP contribution is 2.13. The van der Waals surface area contributed by atoms with Gasteiger partial charge in [-0.3, -0.25) is 9.36 Å². The molecule has 3 heterocycles. The number of allylic oxidation sites excluding steroid dienone is 1. The molecule has 1 aliphatic rings. The van der Waals surface area contributed by atoms with Crippen molar-refractivity contribution >= 4 is 17.1 Å². The van der Waals surface area contributed by atoms with Crippen LogP contribution in [-0.2, 0) is 6.54 Å². The summed E-state index contributed by atoms with van der Waals surface area (Å²) in [7, 11) is 0. The number of H-pyrrole nitrogens is 1. The van der Waals surface area contributed by atoms with Crippen LogP contribution >= 0.6 is 0 Å². The first kappa shape index (κ1) is 7.31. The van der Waals surface area contributed by atoms with Crippen LogP contribution in [0.4, 0.5) is 5.95 Å². The number of aromatic nitrogens is 4. The maximum Gasteiger partial charge on any atom is 0.300 e. The number of imidazole rings is 1. The van der Waals surface area contributed by atoms with E-state index >= 15 is 0 Å². The Morgan fingerprint density at radius 2 is 2.43 bits per heavy atom. The number of nitrogens with zero attached hydrogens (tertiary/aromatic N) is 3. The van der Waals surface area contributed by atoms with E-state index in [9.17, 15) is 4.79 Å². The van der Waals surface area contributed by atoms with Crippen molar-refractivity contribution in [3.63, 3.8) is 0 Å². The summed E-state index contributed by atoms with van der Waals surface area (Å²) in [5, 5.41) is 2.90. The van der Waals surface area contributed by atoms with Gasteiger partial charge in [0.25, 0.3) is 0 Å². The van der Waals surface area contributed by atoms with Gasteiger partial charge in [0.1, 0.15) is 0 Å². The predicted molar refractivity (Wildman–Crippen MR) is 50.9 cm³/mol. The fraction of sp³-hybridized carbons (Fsp3) is 0.125. The van der Waals surface area contributed by atoms with Gasteiger partial charge in [-0.2, -0.15) is 4.98 Å². The van der Waals surface area contributed by atoms with Gasteiger partial charge < -0.3 is 10.3 Å². The van der Waals surface area contributed by atoms with Gasteiger partial charge in [0, 0.05) is 12.7 Å². The van der Waals surface area contributed by atoms with E-state index in [2.05, 4.69) is 20.3 Å². The minimum atomic E-state index is -0.286. The molecule has 2 aromatic heterocycles. The maximum atomic E-state index is 11.5. The number of fused-ring (bicyclic) bond motifs is 3. The molecule has 14 heavy (non-hydrogen) atoms. The number of rotatable bonds is 0. The molecule has 70 valence electrons. The van der Waals surface area contributed by atoms with Crippen LogP contribution in [0, 0.1) is 0 Å². The zero-order valence-electron chi connectivity index (χ0n) is 7.19. The van der Waals surface area contributed by atoms with E-state index in [0.29, 0.717) is 23.7 Å². The third kappa shape index (κ3) is 0.819. The molecule has 3 rings (SSSR count). The normalized spacial score (nSPS) is 14.0. The maximum absolute atomic E-state index is 11.5. The lowest BCUT2D eigenvalue weighted by molar-refractivity contribution is 0.805. The largest absolute Gasteiger partial charge is 0.339 e. The summed E-state index contributed by atoms with van der Waals surface area (Å²) in [5.74, 6) is 0.539. The van der Waals surface area contributed by atoms with E-state index in [-0.39, 0.29) is 5.56 Å². The molecule has 0 radical (unpaired) electrons. The Morgan fingerprint density at radius 3 is 3.36 bits per heavy atom. The fourth-order valence-corrected chi connectivity index (χ4v) is 1.54. The average Bonchev–Trinajstić information content (AvgIpc) is 2.67. The molecule has 1 aliphatic heterocycles. The first-order valence-corrected chi connectivity index (χ1v) is 4.22. The van der Waals surface area contributed by atoms with Crippen molar-refractivity contribution in [2.45, 2.75) is 6.54 Å². The SMILES string of the molecule is O=c1nc2n(c3nc[nH]c13)CC=CN2. The third-order valence-electron chi connectivity index (χ3n) is 2.17. The molecule has 0 bridgehead atoms. The van der Waals surface area contributed by atoms with Crippen LogP contribution in [0.1, 0.15) is 0 Å². The van der Waals surface area contributed by atoms with E-state index < -0.39 is 0 Å². The van der Waals surface area contributed by atoms with Crippen LogP contribution in [0.15, 0.2) is 23.4 Å². The lowest BCUT2D eigenvalue weighted by atomic mass is 10.4. The van der Waals surface area contributed by atoms with Gasteiger partial charge in [-0.25, -0.2) is 4.98 Å². The van der Waals surface area contributed by atoms with Gasteiger partial charge in [0.05, 0.1) is 6.33 Å². The smallest absolute Gasteiger partial charge is 0.300 e. The summed E-state index contributed by atoms with van der Waals surface area (Å²) in [5.41, 5.74) is 0.800. The second kappa shape index (κ2) is 2.44. The van der Waals surface area contributed by atoms with Crippen molar-refractivity contribution in [3.05, 3.63) is 29.0 Å². The molecule has 6 nitrogen and oxygen atoms in total. The fourth-order valence-electron chi connectivity index (χ4n) is 1.54. The zero-order valence-corrected chi connectivity index (χ0v) is 7.19. The molecule has 0 unspecified atom stereocenters.